The number of nitrogens with one attached hydrogen (secondary N) is 1. The monoisotopic (exact) mass is 235 g/mol. The molecule has 0 radical (unpaired) electrons. The topological polar surface area (TPSA) is 46.0 Å². The molecule has 0 bridgehead atoms. The van der Waals surface area contributed by atoms with E-state index in [1.807, 2.05) is 17.9 Å². The van der Waals surface area contributed by atoms with E-state index in [-0.39, 0.29) is 0 Å². The van der Waals surface area contributed by atoms with Crippen LogP contribution in [0.1, 0.15) is 31.4 Å². The fourth-order valence-corrected chi connectivity index (χ4v) is 2.64. The molecule has 1 aliphatic carbocycles. The molecule has 0 unspecified atom stereocenters. The second kappa shape index (κ2) is 4.74. The summed E-state index contributed by atoms with van der Waals surface area (Å²) in [6.07, 6.45) is 7.26. The average molecular weight is 235 g/mol. The Hall–Kier alpha value is -0.940. The quantitative estimate of drug-likeness (QED) is 0.809. The second-order valence-electron chi connectivity index (χ2n) is 5.30. The summed E-state index contributed by atoms with van der Waals surface area (Å²) in [6, 6.07) is 1.49. The Morgan fingerprint density at radius 3 is 2.94 bits per heavy atom. The number of aromatic nitrogens is 3. The minimum atomic E-state index is 0.691. The van der Waals surface area contributed by atoms with E-state index in [9.17, 15) is 0 Å². The van der Waals surface area contributed by atoms with Gasteiger partial charge in [0, 0.05) is 32.2 Å². The van der Waals surface area contributed by atoms with Crippen molar-refractivity contribution in [1.29, 1.82) is 0 Å². The molecule has 1 aromatic rings. The predicted octanol–water partition coefficient (Wildman–Crippen LogP) is 0.531. The van der Waals surface area contributed by atoms with Crippen LogP contribution in [-0.2, 0) is 13.6 Å². The van der Waals surface area contributed by atoms with E-state index >= 15 is 0 Å². The number of hydrogen-bond donors (Lipinski definition) is 1. The molecular weight excluding hydrogens is 214 g/mol. The highest BCUT2D eigenvalue weighted by Gasteiger charge is 2.31. The Kier molecular flexibility index (Phi) is 3.11. The molecule has 0 amide bonds. The summed E-state index contributed by atoms with van der Waals surface area (Å²) < 4.78 is 1.89. The van der Waals surface area contributed by atoms with Gasteiger partial charge in [0.15, 0.2) is 0 Å². The molecule has 1 saturated carbocycles. The summed E-state index contributed by atoms with van der Waals surface area (Å²) in [5.41, 5.74) is 1.22. The van der Waals surface area contributed by atoms with Crippen molar-refractivity contribution >= 4 is 0 Å². The number of nitrogens with zero attached hydrogens (tertiary/aromatic N) is 4. The van der Waals surface area contributed by atoms with E-state index in [4.69, 9.17) is 0 Å². The highest BCUT2D eigenvalue weighted by atomic mass is 15.4. The first-order valence-electron chi connectivity index (χ1n) is 6.64. The smallest absolute Gasteiger partial charge is 0.0738 e. The van der Waals surface area contributed by atoms with Crippen LogP contribution in [0.5, 0.6) is 0 Å². The molecule has 1 aliphatic heterocycles. The third-order valence-corrected chi connectivity index (χ3v) is 3.85. The zero-order valence-electron chi connectivity index (χ0n) is 10.5. The van der Waals surface area contributed by atoms with Crippen molar-refractivity contribution in [2.24, 2.45) is 7.05 Å². The molecule has 2 fully saturated rings. The van der Waals surface area contributed by atoms with Crippen molar-refractivity contribution in [2.75, 3.05) is 13.1 Å². The maximum absolute atomic E-state index is 4.01. The highest BCUT2D eigenvalue weighted by molar-refractivity contribution is 4.97. The van der Waals surface area contributed by atoms with E-state index in [2.05, 4.69) is 20.5 Å². The summed E-state index contributed by atoms with van der Waals surface area (Å²) in [4.78, 5) is 2.60. The molecule has 3 rings (SSSR count). The molecule has 1 aromatic heterocycles. The van der Waals surface area contributed by atoms with Crippen LogP contribution in [0, 0.1) is 0 Å². The Labute approximate surface area is 102 Å². The second-order valence-corrected chi connectivity index (χ2v) is 5.30. The van der Waals surface area contributed by atoms with Crippen LogP contribution in [0.15, 0.2) is 6.20 Å². The lowest BCUT2D eigenvalue weighted by Crippen LogP contribution is -2.38. The van der Waals surface area contributed by atoms with Gasteiger partial charge in [0.25, 0.3) is 0 Å². The van der Waals surface area contributed by atoms with Crippen LogP contribution < -0.4 is 5.32 Å². The third kappa shape index (κ3) is 2.66. The van der Waals surface area contributed by atoms with Crippen LogP contribution in [0.2, 0.25) is 0 Å². The van der Waals surface area contributed by atoms with Gasteiger partial charge >= 0.3 is 0 Å². The summed E-state index contributed by atoms with van der Waals surface area (Å²) in [5, 5.41) is 11.5. The molecule has 94 valence electrons. The molecule has 0 aromatic carbocycles. The predicted molar refractivity (Wildman–Crippen MR) is 65.5 cm³/mol. The summed E-state index contributed by atoms with van der Waals surface area (Å²) in [5.74, 6) is 0. The first kappa shape index (κ1) is 11.2. The summed E-state index contributed by atoms with van der Waals surface area (Å²) in [6.45, 7) is 3.36. The Morgan fingerprint density at radius 1 is 1.47 bits per heavy atom. The fourth-order valence-electron chi connectivity index (χ4n) is 2.64. The van der Waals surface area contributed by atoms with Gasteiger partial charge in [-0.2, -0.15) is 0 Å². The standard InChI is InChI=1S/C12H21N5/c1-16-12(7-14-15-16)9-17(11-4-5-11)8-10-3-2-6-13-10/h7,10-11,13H,2-6,8-9H2,1H3/t10-/m1/s1. The molecule has 0 spiro atoms. The third-order valence-electron chi connectivity index (χ3n) is 3.85. The molecule has 1 saturated heterocycles. The lowest BCUT2D eigenvalue weighted by molar-refractivity contribution is 0.225. The van der Waals surface area contributed by atoms with E-state index in [1.54, 1.807) is 0 Å². The first-order valence-corrected chi connectivity index (χ1v) is 6.64. The van der Waals surface area contributed by atoms with Gasteiger partial charge in [0.2, 0.25) is 0 Å². The number of hydrogen-bond acceptors (Lipinski definition) is 4. The van der Waals surface area contributed by atoms with Gasteiger partial charge in [-0.1, -0.05) is 5.21 Å². The summed E-state index contributed by atoms with van der Waals surface area (Å²) in [7, 11) is 1.97. The van der Waals surface area contributed by atoms with Crippen molar-refractivity contribution in [1.82, 2.24) is 25.2 Å². The van der Waals surface area contributed by atoms with Crippen LogP contribution in [0.3, 0.4) is 0 Å². The average Bonchev–Trinajstić information content (AvgIpc) is 2.91. The Balaban J connectivity index is 1.61. The van der Waals surface area contributed by atoms with Crippen molar-refractivity contribution in [3.8, 4) is 0 Å². The highest BCUT2D eigenvalue weighted by Crippen LogP contribution is 2.28. The van der Waals surface area contributed by atoms with Gasteiger partial charge in [0.05, 0.1) is 11.9 Å². The zero-order chi connectivity index (χ0) is 11.7. The van der Waals surface area contributed by atoms with Crippen molar-refractivity contribution < 1.29 is 0 Å². The Bertz CT molecular complexity index is 365. The van der Waals surface area contributed by atoms with E-state index in [1.165, 1.54) is 44.5 Å². The van der Waals surface area contributed by atoms with Crippen molar-refractivity contribution in [3.05, 3.63) is 11.9 Å². The summed E-state index contributed by atoms with van der Waals surface area (Å²) >= 11 is 0. The normalized spacial score (nSPS) is 24.7. The van der Waals surface area contributed by atoms with Crippen LogP contribution in [0.4, 0.5) is 0 Å². The van der Waals surface area contributed by atoms with Gasteiger partial charge in [-0.05, 0) is 32.2 Å². The lowest BCUT2D eigenvalue weighted by atomic mass is 10.2. The van der Waals surface area contributed by atoms with E-state index in [0.29, 0.717) is 6.04 Å². The molecule has 1 N–H and O–H groups in total. The van der Waals surface area contributed by atoms with Gasteiger partial charge in [-0.15, -0.1) is 5.10 Å². The maximum Gasteiger partial charge on any atom is 0.0738 e. The van der Waals surface area contributed by atoms with Gasteiger partial charge in [0.1, 0.15) is 0 Å². The minimum Gasteiger partial charge on any atom is -0.313 e. The molecule has 5 nitrogen and oxygen atoms in total. The van der Waals surface area contributed by atoms with Gasteiger partial charge < -0.3 is 5.32 Å². The van der Waals surface area contributed by atoms with Gasteiger partial charge in [-0.3, -0.25) is 9.58 Å². The Morgan fingerprint density at radius 2 is 2.35 bits per heavy atom. The molecule has 1 atom stereocenters. The molecular formula is C12H21N5. The van der Waals surface area contributed by atoms with Crippen LogP contribution >= 0.6 is 0 Å². The number of rotatable bonds is 5. The zero-order valence-corrected chi connectivity index (χ0v) is 10.5. The SMILES string of the molecule is Cn1nncc1CN(C[C@H]1CCCN1)C1CC1. The largest absolute Gasteiger partial charge is 0.313 e. The van der Waals surface area contributed by atoms with Crippen LogP contribution in [0.25, 0.3) is 0 Å². The lowest BCUT2D eigenvalue weighted by Gasteiger charge is -2.25. The molecule has 17 heavy (non-hydrogen) atoms. The minimum absolute atomic E-state index is 0.691. The molecule has 2 heterocycles. The molecule has 2 aliphatic rings. The van der Waals surface area contributed by atoms with Crippen molar-refractivity contribution in [3.63, 3.8) is 0 Å². The van der Waals surface area contributed by atoms with Gasteiger partial charge in [-0.25, -0.2) is 0 Å². The fraction of sp³-hybridized carbons (Fsp3) is 0.833. The first-order chi connectivity index (χ1) is 8.33. The van der Waals surface area contributed by atoms with Crippen LogP contribution in [-0.4, -0.2) is 45.1 Å². The maximum atomic E-state index is 4.01. The van der Waals surface area contributed by atoms with Crippen molar-refractivity contribution in [2.45, 2.75) is 44.3 Å². The van der Waals surface area contributed by atoms with E-state index < -0.39 is 0 Å². The molecule has 5 heteroatoms. The van der Waals surface area contributed by atoms with E-state index in [0.717, 1.165) is 12.6 Å². The number of aryl methyl sites for hydroxylation is 1.